The van der Waals surface area contributed by atoms with Gasteiger partial charge in [-0.3, -0.25) is 9.80 Å². The molecular weight excluding hydrogens is 384 g/mol. The van der Waals surface area contributed by atoms with E-state index >= 15 is 0 Å². The Bertz CT molecular complexity index is 1020. The fourth-order valence-electron chi connectivity index (χ4n) is 3.61. The van der Waals surface area contributed by atoms with Gasteiger partial charge < -0.3 is 0 Å². The van der Waals surface area contributed by atoms with Gasteiger partial charge in [-0.15, -0.1) is 22.7 Å². The average molecular weight is 407 g/mol. The van der Waals surface area contributed by atoms with Crippen molar-refractivity contribution < 1.29 is 0 Å². The molecule has 0 aliphatic carbocycles. The van der Waals surface area contributed by atoms with Crippen LogP contribution >= 0.6 is 22.7 Å². The summed E-state index contributed by atoms with van der Waals surface area (Å²) in [4.78, 5) is 14.7. The van der Waals surface area contributed by atoms with Crippen LogP contribution in [0.4, 0.5) is 0 Å². The number of thiazole rings is 2. The third-order valence-electron chi connectivity index (χ3n) is 5.12. The Morgan fingerprint density at radius 2 is 1.50 bits per heavy atom. The minimum Gasteiger partial charge on any atom is -0.295 e. The van der Waals surface area contributed by atoms with Crippen LogP contribution in [-0.2, 0) is 13.1 Å². The molecule has 1 fully saturated rings. The van der Waals surface area contributed by atoms with E-state index in [2.05, 4.69) is 63.7 Å². The molecular formula is C22H22N4S2. The van der Waals surface area contributed by atoms with Gasteiger partial charge in [0.15, 0.2) is 0 Å². The third-order valence-corrected chi connectivity index (χ3v) is 7.08. The maximum atomic E-state index is 4.84. The fourth-order valence-corrected chi connectivity index (χ4v) is 5.43. The minimum atomic E-state index is 0.943. The Balaban J connectivity index is 1.16. The Morgan fingerprint density at radius 3 is 2.29 bits per heavy atom. The Morgan fingerprint density at radius 1 is 0.786 bits per heavy atom. The van der Waals surface area contributed by atoms with Crippen LogP contribution in [-0.4, -0.2) is 45.9 Å². The molecule has 0 N–H and O–H groups in total. The van der Waals surface area contributed by atoms with E-state index in [1.165, 1.54) is 21.0 Å². The topological polar surface area (TPSA) is 32.3 Å². The van der Waals surface area contributed by atoms with E-state index in [1.54, 1.807) is 11.3 Å². The van der Waals surface area contributed by atoms with Gasteiger partial charge in [0.25, 0.3) is 0 Å². The van der Waals surface area contributed by atoms with E-state index in [4.69, 9.17) is 9.97 Å². The number of nitrogens with zero attached hydrogens (tertiary/aromatic N) is 4. The molecule has 1 aliphatic heterocycles. The lowest BCUT2D eigenvalue weighted by Crippen LogP contribution is -2.45. The maximum Gasteiger partial charge on any atom is 0.123 e. The number of fused-ring (bicyclic) bond motifs is 1. The lowest BCUT2D eigenvalue weighted by atomic mass is 10.2. The zero-order valence-electron chi connectivity index (χ0n) is 15.6. The second-order valence-corrected chi connectivity index (χ2v) is 9.11. The summed E-state index contributed by atoms with van der Waals surface area (Å²) in [5.74, 6) is 0. The monoisotopic (exact) mass is 406 g/mol. The standard InChI is InChI=1S/C22H22N4S2/c1-2-6-17(7-3-1)22-23-18(16-27-22)14-25-10-12-26(13-11-25)15-21-24-19-8-4-5-9-20(19)28-21/h1-9,16H,10-15H2. The Labute approximate surface area is 173 Å². The van der Waals surface area contributed by atoms with Crippen molar-refractivity contribution in [1.82, 2.24) is 19.8 Å². The number of aromatic nitrogens is 2. The molecule has 0 radical (unpaired) electrons. The van der Waals surface area contributed by atoms with E-state index in [1.807, 2.05) is 17.4 Å². The normalized spacial score (nSPS) is 16.0. The number of piperazine rings is 1. The minimum absolute atomic E-state index is 0.943. The molecule has 1 aliphatic rings. The molecule has 4 nitrogen and oxygen atoms in total. The first kappa shape index (κ1) is 17.9. The summed E-state index contributed by atoms with van der Waals surface area (Å²) in [6.45, 7) is 6.25. The number of benzene rings is 2. The van der Waals surface area contributed by atoms with Crippen LogP contribution in [0.3, 0.4) is 0 Å². The molecule has 0 atom stereocenters. The fraction of sp³-hybridized carbons (Fsp3) is 0.273. The van der Waals surface area contributed by atoms with Crippen LogP contribution in [0.2, 0.25) is 0 Å². The average Bonchev–Trinajstić information content (AvgIpc) is 3.36. The highest BCUT2D eigenvalue weighted by Gasteiger charge is 2.19. The largest absolute Gasteiger partial charge is 0.295 e. The quantitative estimate of drug-likeness (QED) is 0.479. The molecule has 6 heteroatoms. The van der Waals surface area contributed by atoms with Crippen molar-refractivity contribution in [3.63, 3.8) is 0 Å². The zero-order valence-corrected chi connectivity index (χ0v) is 17.3. The van der Waals surface area contributed by atoms with Gasteiger partial charge in [0.05, 0.1) is 22.5 Å². The van der Waals surface area contributed by atoms with Gasteiger partial charge in [-0.25, -0.2) is 9.97 Å². The number of rotatable bonds is 5. The third kappa shape index (κ3) is 4.00. The van der Waals surface area contributed by atoms with Crippen LogP contribution in [0.25, 0.3) is 20.8 Å². The first-order valence-corrected chi connectivity index (χ1v) is 11.3. The molecule has 3 heterocycles. The highest BCUT2D eigenvalue weighted by molar-refractivity contribution is 7.18. The Hall–Kier alpha value is -2.12. The van der Waals surface area contributed by atoms with Crippen molar-refractivity contribution in [2.75, 3.05) is 26.2 Å². The van der Waals surface area contributed by atoms with Gasteiger partial charge >= 0.3 is 0 Å². The molecule has 142 valence electrons. The molecule has 0 spiro atoms. The van der Waals surface area contributed by atoms with Crippen molar-refractivity contribution in [2.45, 2.75) is 13.1 Å². The lowest BCUT2D eigenvalue weighted by Gasteiger charge is -2.33. The van der Waals surface area contributed by atoms with Gasteiger partial charge in [-0.2, -0.15) is 0 Å². The predicted octanol–water partition coefficient (Wildman–Crippen LogP) is 4.74. The first-order chi connectivity index (χ1) is 13.8. The van der Waals surface area contributed by atoms with Crippen molar-refractivity contribution in [2.24, 2.45) is 0 Å². The number of hydrogen-bond acceptors (Lipinski definition) is 6. The van der Waals surface area contributed by atoms with Gasteiger partial charge in [0.2, 0.25) is 0 Å². The second kappa shape index (κ2) is 8.09. The summed E-state index contributed by atoms with van der Waals surface area (Å²) in [5, 5.41) is 4.54. The predicted molar refractivity (Wildman–Crippen MR) is 118 cm³/mol. The van der Waals surface area contributed by atoms with Gasteiger partial charge in [-0.1, -0.05) is 42.5 Å². The number of hydrogen-bond donors (Lipinski definition) is 0. The SMILES string of the molecule is c1ccc(-c2nc(CN3CCN(Cc4nc5ccccc5s4)CC3)cs2)cc1. The van der Waals surface area contributed by atoms with E-state index in [0.717, 1.165) is 49.8 Å². The molecule has 5 rings (SSSR count). The van der Waals surface area contributed by atoms with Crippen LogP contribution < -0.4 is 0 Å². The van der Waals surface area contributed by atoms with Crippen molar-refractivity contribution in [3.05, 3.63) is 70.7 Å². The van der Waals surface area contributed by atoms with E-state index < -0.39 is 0 Å². The molecule has 0 bridgehead atoms. The lowest BCUT2D eigenvalue weighted by molar-refractivity contribution is 0.121. The zero-order chi connectivity index (χ0) is 18.8. The molecule has 4 aromatic rings. The second-order valence-electron chi connectivity index (χ2n) is 7.14. The summed E-state index contributed by atoms with van der Waals surface area (Å²) >= 11 is 3.56. The first-order valence-electron chi connectivity index (χ1n) is 9.62. The molecule has 0 saturated carbocycles. The van der Waals surface area contributed by atoms with Crippen LogP contribution in [0.5, 0.6) is 0 Å². The summed E-state index contributed by atoms with van der Waals surface area (Å²) in [6.07, 6.45) is 0. The van der Waals surface area contributed by atoms with Crippen LogP contribution in [0.15, 0.2) is 60.0 Å². The van der Waals surface area contributed by atoms with Gasteiger partial charge in [-0.05, 0) is 12.1 Å². The summed E-state index contributed by atoms with van der Waals surface area (Å²) < 4.78 is 1.29. The molecule has 0 unspecified atom stereocenters. The molecule has 2 aromatic heterocycles. The van der Waals surface area contributed by atoms with E-state index in [-0.39, 0.29) is 0 Å². The van der Waals surface area contributed by atoms with Crippen molar-refractivity contribution in [1.29, 1.82) is 0 Å². The molecule has 0 amide bonds. The van der Waals surface area contributed by atoms with Gasteiger partial charge in [0.1, 0.15) is 10.0 Å². The molecule has 28 heavy (non-hydrogen) atoms. The maximum absolute atomic E-state index is 4.84. The summed E-state index contributed by atoms with van der Waals surface area (Å²) in [5.41, 5.74) is 3.52. The molecule has 1 saturated heterocycles. The van der Waals surface area contributed by atoms with E-state index in [0.29, 0.717) is 0 Å². The highest BCUT2D eigenvalue weighted by Crippen LogP contribution is 2.25. The van der Waals surface area contributed by atoms with Crippen LogP contribution in [0, 0.1) is 0 Å². The molecule has 2 aromatic carbocycles. The van der Waals surface area contributed by atoms with Crippen molar-refractivity contribution in [3.8, 4) is 10.6 Å². The Kier molecular flexibility index (Phi) is 5.18. The van der Waals surface area contributed by atoms with E-state index in [9.17, 15) is 0 Å². The van der Waals surface area contributed by atoms with Gasteiger partial charge in [0, 0.05) is 43.7 Å². The van der Waals surface area contributed by atoms with Crippen LogP contribution in [0.1, 0.15) is 10.7 Å². The summed E-state index contributed by atoms with van der Waals surface area (Å²) in [6, 6.07) is 18.9. The number of para-hydroxylation sites is 1. The smallest absolute Gasteiger partial charge is 0.123 e. The summed E-state index contributed by atoms with van der Waals surface area (Å²) in [7, 11) is 0. The highest BCUT2D eigenvalue weighted by atomic mass is 32.1. The van der Waals surface area contributed by atoms with Crippen molar-refractivity contribution >= 4 is 32.9 Å².